The van der Waals surface area contributed by atoms with Crippen LogP contribution in [-0.4, -0.2) is 28.5 Å². The van der Waals surface area contributed by atoms with E-state index in [1.165, 1.54) is 6.42 Å². The lowest BCUT2D eigenvalue weighted by molar-refractivity contribution is -0.0370. The predicted molar refractivity (Wildman–Crippen MR) is 67.0 cm³/mol. The van der Waals surface area contributed by atoms with E-state index in [1.54, 1.807) is 19.5 Å². The van der Waals surface area contributed by atoms with Crippen molar-refractivity contribution in [2.45, 2.75) is 25.5 Å². The van der Waals surface area contributed by atoms with Gasteiger partial charge in [0, 0.05) is 12.0 Å². The summed E-state index contributed by atoms with van der Waals surface area (Å²) in [5, 5.41) is 5.36. The molecule has 0 radical (unpaired) electrons. The van der Waals surface area contributed by atoms with Gasteiger partial charge in [-0.2, -0.15) is 5.10 Å². The van der Waals surface area contributed by atoms with E-state index in [1.807, 2.05) is 10.7 Å². The van der Waals surface area contributed by atoms with Crippen LogP contribution < -0.4 is 5.48 Å². The molecule has 0 saturated carbocycles. The van der Waals surface area contributed by atoms with Crippen LogP contribution in [0.25, 0.3) is 11.0 Å². The topological polar surface area (TPSA) is 61.2 Å². The van der Waals surface area contributed by atoms with E-state index in [4.69, 9.17) is 9.57 Å². The van der Waals surface area contributed by atoms with E-state index in [9.17, 15) is 0 Å². The SMILES string of the molecule is CONc1cnc2c(cnn2C2CCCCO2)c1. The summed E-state index contributed by atoms with van der Waals surface area (Å²) in [6, 6.07) is 1.96. The van der Waals surface area contributed by atoms with Gasteiger partial charge in [-0.05, 0) is 25.3 Å². The molecule has 6 heteroatoms. The molecule has 0 amide bonds. The molecule has 1 saturated heterocycles. The minimum atomic E-state index is 0.0185. The number of anilines is 1. The second-order valence-electron chi connectivity index (χ2n) is 4.35. The van der Waals surface area contributed by atoms with Crippen molar-refractivity contribution in [3.63, 3.8) is 0 Å². The van der Waals surface area contributed by atoms with E-state index in [0.29, 0.717) is 0 Å². The van der Waals surface area contributed by atoms with Crippen LogP contribution in [0.1, 0.15) is 25.5 Å². The first kappa shape index (κ1) is 11.4. The van der Waals surface area contributed by atoms with Crippen molar-refractivity contribution in [2.24, 2.45) is 0 Å². The van der Waals surface area contributed by atoms with Crippen LogP contribution in [0.5, 0.6) is 0 Å². The number of nitrogens with zero attached hydrogens (tertiary/aromatic N) is 3. The van der Waals surface area contributed by atoms with Crippen molar-refractivity contribution in [1.82, 2.24) is 14.8 Å². The number of ether oxygens (including phenoxy) is 1. The standard InChI is InChI=1S/C12H16N4O2/c1-17-15-10-6-9-7-14-16(12(9)13-8-10)11-4-2-3-5-18-11/h6-8,11,15H,2-5H2,1H3. The lowest BCUT2D eigenvalue weighted by Crippen LogP contribution is -2.19. The predicted octanol–water partition coefficient (Wildman–Crippen LogP) is 2.10. The van der Waals surface area contributed by atoms with Gasteiger partial charge in [0.15, 0.2) is 11.9 Å². The van der Waals surface area contributed by atoms with Crippen molar-refractivity contribution in [3.8, 4) is 0 Å². The molecule has 2 aromatic heterocycles. The van der Waals surface area contributed by atoms with Crippen LogP contribution in [0.15, 0.2) is 18.5 Å². The Morgan fingerprint density at radius 2 is 2.39 bits per heavy atom. The molecule has 3 heterocycles. The third-order valence-electron chi connectivity index (χ3n) is 3.08. The van der Waals surface area contributed by atoms with Crippen LogP contribution in [0.3, 0.4) is 0 Å². The van der Waals surface area contributed by atoms with Crippen molar-refractivity contribution < 1.29 is 9.57 Å². The maximum absolute atomic E-state index is 5.73. The Kier molecular flexibility index (Phi) is 3.12. The summed E-state index contributed by atoms with van der Waals surface area (Å²) in [5.41, 5.74) is 4.42. The molecule has 1 atom stereocenters. The highest BCUT2D eigenvalue weighted by Gasteiger charge is 2.19. The van der Waals surface area contributed by atoms with Gasteiger partial charge in [-0.15, -0.1) is 0 Å². The summed E-state index contributed by atoms with van der Waals surface area (Å²) >= 11 is 0. The van der Waals surface area contributed by atoms with E-state index in [0.717, 1.165) is 36.2 Å². The first-order chi connectivity index (χ1) is 8.88. The van der Waals surface area contributed by atoms with Crippen LogP contribution in [0.2, 0.25) is 0 Å². The van der Waals surface area contributed by atoms with Gasteiger partial charge >= 0.3 is 0 Å². The van der Waals surface area contributed by atoms with Gasteiger partial charge in [0.25, 0.3) is 0 Å². The largest absolute Gasteiger partial charge is 0.356 e. The van der Waals surface area contributed by atoms with Gasteiger partial charge in [-0.1, -0.05) is 0 Å². The number of fused-ring (bicyclic) bond motifs is 1. The quantitative estimate of drug-likeness (QED) is 0.843. The van der Waals surface area contributed by atoms with Crippen molar-refractivity contribution in [2.75, 3.05) is 19.2 Å². The molecule has 6 nitrogen and oxygen atoms in total. The number of pyridine rings is 1. The van der Waals surface area contributed by atoms with E-state index < -0.39 is 0 Å². The highest BCUT2D eigenvalue weighted by molar-refractivity contribution is 5.78. The highest BCUT2D eigenvalue weighted by atomic mass is 16.6. The maximum atomic E-state index is 5.73. The van der Waals surface area contributed by atoms with Gasteiger partial charge in [0.05, 0.1) is 25.2 Å². The fraction of sp³-hybridized carbons (Fsp3) is 0.500. The average Bonchev–Trinajstić information content (AvgIpc) is 2.83. The summed E-state index contributed by atoms with van der Waals surface area (Å²) in [6.07, 6.45) is 6.86. The molecule has 1 aliphatic rings. The number of nitrogens with one attached hydrogen (secondary N) is 1. The maximum Gasteiger partial charge on any atom is 0.160 e. The smallest absolute Gasteiger partial charge is 0.160 e. The number of aromatic nitrogens is 3. The Morgan fingerprint density at radius 1 is 1.44 bits per heavy atom. The zero-order valence-corrected chi connectivity index (χ0v) is 10.3. The third kappa shape index (κ3) is 2.04. The molecule has 0 spiro atoms. The number of rotatable bonds is 3. The van der Waals surface area contributed by atoms with Crippen LogP contribution >= 0.6 is 0 Å². The normalized spacial score (nSPS) is 20.2. The summed E-state index contributed by atoms with van der Waals surface area (Å²) in [7, 11) is 1.57. The molecule has 0 aromatic carbocycles. The Labute approximate surface area is 105 Å². The average molecular weight is 248 g/mol. The molecule has 0 bridgehead atoms. The Hall–Kier alpha value is -1.66. The molecule has 2 aromatic rings. The van der Waals surface area contributed by atoms with Gasteiger partial charge in [0.2, 0.25) is 0 Å². The number of hydrogen-bond acceptors (Lipinski definition) is 5. The highest BCUT2D eigenvalue weighted by Crippen LogP contribution is 2.26. The lowest BCUT2D eigenvalue weighted by Gasteiger charge is -2.22. The fourth-order valence-electron chi connectivity index (χ4n) is 2.24. The van der Waals surface area contributed by atoms with Gasteiger partial charge in [0.1, 0.15) is 0 Å². The monoisotopic (exact) mass is 248 g/mol. The van der Waals surface area contributed by atoms with Gasteiger partial charge in [-0.25, -0.2) is 9.67 Å². The van der Waals surface area contributed by atoms with Gasteiger partial charge in [-0.3, -0.25) is 10.3 Å². The van der Waals surface area contributed by atoms with E-state index >= 15 is 0 Å². The minimum absolute atomic E-state index is 0.0185. The van der Waals surface area contributed by atoms with Crippen LogP contribution in [0.4, 0.5) is 5.69 Å². The zero-order chi connectivity index (χ0) is 12.4. The fourth-order valence-corrected chi connectivity index (χ4v) is 2.24. The molecule has 1 fully saturated rings. The molecule has 1 N–H and O–H groups in total. The van der Waals surface area contributed by atoms with Crippen LogP contribution in [0, 0.1) is 0 Å². The Morgan fingerprint density at radius 3 is 3.17 bits per heavy atom. The van der Waals surface area contributed by atoms with Crippen LogP contribution in [-0.2, 0) is 9.57 Å². The molecular formula is C12H16N4O2. The summed E-state index contributed by atoms with van der Waals surface area (Å²) < 4.78 is 7.59. The second kappa shape index (κ2) is 4.91. The third-order valence-corrected chi connectivity index (χ3v) is 3.08. The summed E-state index contributed by atoms with van der Waals surface area (Å²) in [6.45, 7) is 0.801. The summed E-state index contributed by atoms with van der Waals surface area (Å²) in [5.74, 6) is 0. The van der Waals surface area contributed by atoms with E-state index in [-0.39, 0.29) is 6.23 Å². The molecule has 3 rings (SSSR count). The van der Waals surface area contributed by atoms with Crippen molar-refractivity contribution >= 4 is 16.7 Å². The summed E-state index contributed by atoms with van der Waals surface area (Å²) in [4.78, 5) is 9.27. The lowest BCUT2D eigenvalue weighted by atomic mass is 10.2. The Balaban J connectivity index is 1.93. The zero-order valence-electron chi connectivity index (χ0n) is 10.3. The van der Waals surface area contributed by atoms with Crippen molar-refractivity contribution in [1.29, 1.82) is 0 Å². The van der Waals surface area contributed by atoms with Gasteiger partial charge < -0.3 is 4.74 Å². The second-order valence-corrected chi connectivity index (χ2v) is 4.35. The molecule has 18 heavy (non-hydrogen) atoms. The molecule has 1 aliphatic heterocycles. The Bertz CT molecular complexity index is 534. The first-order valence-corrected chi connectivity index (χ1v) is 6.12. The molecular weight excluding hydrogens is 232 g/mol. The molecule has 0 aliphatic carbocycles. The van der Waals surface area contributed by atoms with E-state index in [2.05, 4.69) is 15.6 Å². The number of hydrogen-bond donors (Lipinski definition) is 1. The first-order valence-electron chi connectivity index (χ1n) is 6.12. The minimum Gasteiger partial charge on any atom is -0.356 e. The molecule has 96 valence electrons. The molecule has 1 unspecified atom stereocenters. The van der Waals surface area contributed by atoms with Crippen molar-refractivity contribution in [3.05, 3.63) is 18.5 Å².